The van der Waals surface area contributed by atoms with Crippen molar-refractivity contribution in [2.45, 2.75) is 71.1 Å². The SMILES string of the molecule is COC(=O)CCC(N)(C(=O)OC(C)(C)C)c1cn(C(=O)OC(C)(C)C)c2ccccc12. The smallest absolute Gasteiger partial charge is 0.419 e. The van der Waals surface area contributed by atoms with Crippen molar-refractivity contribution in [3.8, 4) is 0 Å². The zero-order valence-electron chi connectivity index (χ0n) is 19.3. The summed E-state index contributed by atoms with van der Waals surface area (Å²) in [4.78, 5) is 37.9. The van der Waals surface area contributed by atoms with Gasteiger partial charge in [-0.25, -0.2) is 9.59 Å². The molecule has 0 fully saturated rings. The van der Waals surface area contributed by atoms with Crippen molar-refractivity contribution in [1.82, 2.24) is 4.57 Å². The maximum absolute atomic E-state index is 13.2. The second-order valence-corrected chi connectivity index (χ2v) is 9.46. The Morgan fingerprint density at radius 3 is 2.10 bits per heavy atom. The van der Waals surface area contributed by atoms with Crippen molar-refractivity contribution in [2.24, 2.45) is 5.73 Å². The molecule has 0 saturated carbocycles. The lowest BCUT2D eigenvalue weighted by Crippen LogP contribution is -2.48. The number of carbonyl (C=O) groups excluding carboxylic acids is 3. The fourth-order valence-corrected chi connectivity index (χ4v) is 3.11. The standard InChI is InChI=1S/C23H32N2O6/c1-21(2,3)30-19(27)23(24,13-12-18(26)29-7)16-14-25(20(28)31-22(4,5)6)17-11-9-8-10-15(16)17/h8-11,14H,12-13,24H2,1-7H3. The van der Waals surface area contributed by atoms with E-state index in [0.717, 1.165) is 0 Å². The van der Waals surface area contributed by atoms with Gasteiger partial charge in [0.05, 0.1) is 12.6 Å². The minimum atomic E-state index is -1.69. The van der Waals surface area contributed by atoms with Crippen LogP contribution in [-0.2, 0) is 29.3 Å². The highest BCUT2D eigenvalue weighted by Gasteiger charge is 2.42. The van der Waals surface area contributed by atoms with Crippen LogP contribution in [0, 0.1) is 0 Å². The molecule has 8 heteroatoms. The zero-order chi connectivity index (χ0) is 23.6. The fraction of sp³-hybridized carbons (Fsp3) is 0.522. The first kappa shape index (κ1) is 24.4. The second-order valence-electron chi connectivity index (χ2n) is 9.46. The summed E-state index contributed by atoms with van der Waals surface area (Å²) in [6.07, 6.45) is 0.726. The molecular weight excluding hydrogens is 400 g/mol. The lowest BCUT2D eigenvalue weighted by Gasteiger charge is -2.31. The van der Waals surface area contributed by atoms with Crippen molar-refractivity contribution in [3.63, 3.8) is 0 Å². The van der Waals surface area contributed by atoms with Gasteiger partial charge < -0.3 is 19.9 Å². The number of fused-ring (bicyclic) bond motifs is 1. The number of nitrogens with zero attached hydrogens (tertiary/aromatic N) is 1. The fourth-order valence-electron chi connectivity index (χ4n) is 3.11. The molecule has 31 heavy (non-hydrogen) atoms. The van der Waals surface area contributed by atoms with Gasteiger partial charge in [-0.05, 0) is 54.0 Å². The molecule has 1 aromatic heterocycles. The summed E-state index contributed by atoms with van der Waals surface area (Å²) in [6, 6.07) is 7.04. The third-order valence-corrected chi connectivity index (χ3v) is 4.50. The summed E-state index contributed by atoms with van der Waals surface area (Å²) in [5.74, 6) is -1.20. The zero-order valence-corrected chi connectivity index (χ0v) is 19.3. The van der Waals surface area contributed by atoms with E-state index in [1.807, 2.05) is 0 Å². The monoisotopic (exact) mass is 432 g/mol. The Balaban J connectivity index is 2.64. The molecule has 0 aliphatic heterocycles. The van der Waals surface area contributed by atoms with E-state index in [4.69, 9.17) is 19.9 Å². The van der Waals surface area contributed by atoms with Crippen LogP contribution < -0.4 is 5.73 Å². The van der Waals surface area contributed by atoms with E-state index in [1.54, 1.807) is 65.8 Å². The quantitative estimate of drug-likeness (QED) is 0.564. The molecule has 0 radical (unpaired) electrons. The first-order chi connectivity index (χ1) is 14.2. The van der Waals surface area contributed by atoms with Crippen LogP contribution in [0.4, 0.5) is 4.79 Å². The van der Waals surface area contributed by atoms with Gasteiger partial charge in [0, 0.05) is 23.6 Å². The number of aromatic nitrogens is 1. The minimum absolute atomic E-state index is 0.0586. The molecule has 1 aromatic carbocycles. The molecule has 2 aromatic rings. The number of esters is 2. The number of benzene rings is 1. The van der Waals surface area contributed by atoms with Crippen LogP contribution in [0.25, 0.3) is 10.9 Å². The Morgan fingerprint density at radius 1 is 0.968 bits per heavy atom. The molecule has 2 rings (SSSR count). The highest BCUT2D eigenvalue weighted by atomic mass is 16.6. The number of hydrogen-bond donors (Lipinski definition) is 1. The third-order valence-electron chi connectivity index (χ3n) is 4.50. The molecule has 0 aliphatic rings. The topological polar surface area (TPSA) is 110 Å². The normalized spacial score (nSPS) is 14.1. The maximum Gasteiger partial charge on any atom is 0.419 e. The Hall–Kier alpha value is -2.87. The Bertz CT molecular complexity index is 980. The van der Waals surface area contributed by atoms with E-state index in [-0.39, 0.29) is 12.8 Å². The van der Waals surface area contributed by atoms with Crippen LogP contribution in [0.2, 0.25) is 0 Å². The lowest BCUT2D eigenvalue weighted by atomic mass is 9.86. The molecule has 0 saturated heterocycles. The highest BCUT2D eigenvalue weighted by molar-refractivity contribution is 5.97. The summed E-state index contributed by atoms with van der Waals surface area (Å²) < 4.78 is 17.1. The van der Waals surface area contributed by atoms with Gasteiger partial charge in [-0.3, -0.25) is 9.36 Å². The predicted octanol–water partition coefficient (Wildman–Crippen LogP) is 3.87. The molecule has 170 valence electrons. The van der Waals surface area contributed by atoms with E-state index >= 15 is 0 Å². The van der Waals surface area contributed by atoms with Crippen LogP contribution in [0.3, 0.4) is 0 Å². The second kappa shape index (κ2) is 8.70. The molecule has 2 N–H and O–H groups in total. The molecule has 0 spiro atoms. The number of ether oxygens (including phenoxy) is 3. The van der Waals surface area contributed by atoms with Crippen molar-refractivity contribution in [2.75, 3.05) is 7.11 Å². The Morgan fingerprint density at radius 2 is 1.55 bits per heavy atom. The molecular formula is C23H32N2O6. The van der Waals surface area contributed by atoms with Gasteiger partial charge in [-0.2, -0.15) is 0 Å². The number of nitrogens with two attached hydrogens (primary N) is 1. The van der Waals surface area contributed by atoms with E-state index in [9.17, 15) is 14.4 Å². The molecule has 1 unspecified atom stereocenters. The third kappa shape index (κ3) is 5.85. The summed E-state index contributed by atoms with van der Waals surface area (Å²) >= 11 is 0. The van der Waals surface area contributed by atoms with Gasteiger partial charge in [0.25, 0.3) is 0 Å². The lowest BCUT2D eigenvalue weighted by molar-refractivity contribution is -0.162. The largest absolute Gasteiger partial charge is 0.469 e. The van der Waals surface area contributed by atoms with Gasteiger partial charge in [-0.15, -0.1) is 0 Å². The highest BCUT2D eigenvalue weighted by Crippen LogP contribution is 2.35. The van der Waals surface area contributed by atoms with Gasteiger partial charge in [-0.1, -0.05) is 18.2 Å². The van der Waals surface area contributed by atoms with Gasteiger partial charge in [0.1, 0.15) is 16.7 Å². The summed E-state index contributed by atoms with van der Waals surface area (Å²) in [5.41, 5.74) is 4.34. The van der Waals surface area contributed by atoms with Crippen molar-refractivity contribution >= 4 is 28.9 Å². The number of rotatable bonds is 5. The van der Waals surface area contributed by atoms with Crippen LogP contribution in [0.1, 0.15) is 59.9 Å². The van der Waals surface area contributed by atoms with Gasteiger partial charge >= 0.3 is 18.0 Å². The molecule has 1 heterocycles. The number of hydrogen-bond acceptors (Lipinski definition) is 7. The minimum Gasteiger partial charge on any atom is -0.469 e. The van der Waals surface area contributed by atoms with Gasteiger partial charge in [0.15, 0.2) is 0 Å². The Labute approximate surface area is 182 Å². The first-order valence-electron chi connectivity index (χ1n) is 10.1. The van der Waals surface area contributed by atoms with Crippen molar-refractivity contribution in [3.05, 3.63) is 36.0 Å². The van der Waals surface area contributed by atoms with Crippen molar-refractivity contribution in [1.29, 1.82) is 0 Å². The van der Waals surface area contributed by atoms with E-state index < -0.39 is 34.8 Å². The molecule has 0 amide bonds. The Kier molecular flexibility index (Phi) is 6.85. The number of para-hydroxylation sites is 1. The number of carbonyl (C=O) groups is 3. The molecule has 0 bridgehead atoms. The van der Waals surface area contributed by atoms with Crippen LogP contribution in [0.15, 0.2) is 30.5 Å². The average molecular weight is 433 g/mol. The summed E-state index contributed by atoms with van der Waals surface area (Å²) in [7, 11) is 1.27. The van der Waals surface area contributed by atoms with Crippen LogP contribution in [0.5, 0.6) is 0 Å². The molecule has 0 aliphatic carbocycles. The molecule has 8 nitrogen and oxygen atoms in total. The summed E-state index contributed by atoms with van der Waals surface area (Å²) in [6.45, 7) is 10.5. The van der Waals surface area contributed by atoms with E-state index in [1.165, 1.54) is 17.9 Å². The number of methoxy groups -OCH3 is 1. The van der Waals surface area contributed by atoms with Crippen molar-refractivity contribution < 1.29 is 28.6 Å². The first-order valence-corrected chi connectivity index (χ1v) is 10.1. The van der Waals surface area contributed by atoms with Crippen LogP contribution >= 0.6 is 0 Å². The summed E-state index contributed by atoms with van der Waals surface area (Å²) in [5, 5.41) is 0.589. The predicted molar refractivity (Wildman–Crippen MR) is 117 cm³/mol. The maximum atomic E-state index is 13.2. The van der Waals surface area contributed by atoms with Crippen LogP contribution in [-0.4, -0.2) is 40.9 Å². The average Bonchev–Trinajstić information content (AvgIpc) is 3.03. The van der Waals surface area contributed by atoms with Gasteiger partial charge in [0.2, 0.25) is 0 Å². The van der Waals surface area contributed by atoms with E-state index in [2.05, 4.69) is 0 Å². The van der Waals surface area contributed by atoms with E-state index in [0.29, 0.717) is 16.5 Å². The molecule has 1 atom stereocenters.